The second-order valence-electron chi connectivity index (χ2n) is 5.90. The summed E-state index contributed by atoms with van der Waals surface area (Å²) < 4.78 is 5.44. The van der Waals surface area contributed by atoms with Gasteiger partial charge in [-0.05, 0) is 17.7 Å². The highest BCUT2D eigenvalue weighted by Gasteiger charge is 2.20. The molecule has 0 radical (unpaired) electrons. The lowest BCUT2D eigenvalue weighted by atomic mass is 10.1. The number of nitrogens with zero attached hydrogens (tertiary/aromatic N) is 5. The number of H-pyrrole nitrogens is 1. The predicted molar refractivity (Wildman–Crippen MR) is 101 cm³/mol. The number of morpholine rings is 1. The Morgan fingerprint density at radius 2 is 2.00 bits per heavy atom. The van der Waals surface area contributed by atoms with Crippen LogP contribution in [0, 0.1) is 0 Å². The van der Waals surface area contributed by atoms with Crippen LogP contribution >= 0.6 is 34.5 Å². The fourth-order valence-corrected chi connectivity index (χ4v) is 4.23. The maximum atomic E-state index is 6.16. The Hall–Kier alpha value is -1.74. The molecule has 1 saturated heterocycles. The highest BCUT2D eigenvalue weighted by atomic mass is 35.5. The summed E-state index contributed by atoms with van der Waals surface area (Å²) in [5, 5.41) is 16.4. The van der Waals surface area contributed by atoms with E-state index in [2.05, 4.69) is 25.5 Å². The molecule has 26 heavy (non-hydrogen) atoms. The van der Waals surface area contributed by atoms with Crippen molar-refractivity contribution in [1.82, 2.24) is 25.6 Å². The van der Waals surface area contributed by atoms with Gasteiger partial charge in [-0.3, -0.25) is 0 Å². The molecule has 1 fully saturated rings. The van der Waals surface area contributed by atoms with Crippen molar-refractivity contribution in [2.45, 2.75) is 12.8 Å². The summed E-state index contributed by atoms with van der Waals surface area (Å²) in [7, 11) is 0. The van der Waals surface area contributed by atoms with Crippen LogP contribution in [0.2, 0.25) is 10.0 Å². The Morgan fingerprint density at radius 3 is 2.73 bits per heavy atom. The third kappa shape index (κ3) is 3.98. The van der Waals surface area contributed by atoms with Crippen molar-refractivity contribution in [3.63, 3.8) is 0 Å². The normalized spacial score (nSPS) is 14.8. The van der Waals surface area contributed by atoms with E-state index in [4.69, 9.17) is 32.9 Å². The molecule has 1 N–H and O–H groups in total. The summed E-state index contributed by atoms with van der Waals surface area (Å²) in [6.45, 7) is 3.15. The SMILES string of the molecule is Clc1ccc(Cc2nc(N3CCOCC3)sc2Cc2nn[nH]n2)cc1Cl. The Bertz CT molecular complexity index is 879. The third-order valence-electron chi connectivity index (χ3n) is 4.11. The van der Waals surface area contributed by atoms with Crippen LogP contribution in [0.3, 0.4) is 0 Å². The van der Waals surface area contributed by atoms with Crippen molar-refractivity contribution in [2.24, 2.45) is 0 Å². The number of nitrogens with one attached hydrogen (secondary N) is 1. The molecule has 0 saturated carbocycles. The van der Waals surface area contributed by atoms with E-state index in [-0.39, 0.29) is 0 Å². The molecular weight excluding hydrogens is 395 g/mol. The molecule has 4 rings (SSSR count). The molecule has 7 nitrogen and oxygen atoms in total. The molecule has 136 valence electrons. The van der Waals surface area contributed by atoms with Crippen LogP contribution in [0.4, 0.5) is 5.13 Å². The van der Waals surface area contributed by atoms with Gasteiger partial charge in [0, 0.05) is 30.8 Å². The van der Waals surface area contributed by atoms with Crippen molar-refractivity contribution in [3.8, 4) is 0 Å². The van der Waals surface area contributed by atoms with Crippen LogP contribution in [-0.4, -0.2) is 51.9 Å². The number of thiazole rings is 1. The van der Waals surface area contributed by atoms with E-state index in [9.17, 15) is 0 Å². The molecular formula is C16H16Cl2N6OS. The van der Waals surface area contributed by atoms with E-state index in [1.165, 1.54) is 0 Å². The monoisotopic (exact) mass is 410 g/mol. The van der Waals surface area contributed by atoms with E-state index in [1.54, 1.807) is 11.3 Å². The number of anilines is 1. The molecule has 0 spiro atoms. The molecule has 1 aliphatic heterocycles. The Labute approximate surface area is 164 Å². The zero-order chi connectivity index (χ0) is 17.9. The van der Waals surface area contributed by atoms with Crippen molar-refractivity contribution in [2.75, 3.05) is 31.2 Å². The second-order valence-corrected chi connectivity index (χ2v) is 7.77. The van der Waals surface area contributed by atoms with Gasteiger partial charge >= 0.3 is 0 Å². The summed E-state index contributed by atoms with van der Waals surface area (Å²) in [6, 6.07) is 5.67. The highest BCUT2D eigenvalue weighted by molar-refractivity contribution is 7.15. The molecule has 3 heterocycles. The first-order valence-corrected chi connectivity index (χ1v) is 9.74. The number of halogens is 2. The first kappa shape index (κ1) is 17.7. The van der Waals surface area contributed by atoms with Gasteiger partial charge in [-0.15, -0.1) is 21.5 Å². The molecule has 0 amide bonds. The highest BCUT2D eigenvalue weighted by Crippen LogP contribution is 2.31. The maximum Gasteiger partial charge on any atom is 0.185 e. The molecule has 0 aliphatic carbocycles. The lowest BCUT2D eigenvalue weighted by molar-refractivity contribution is 0.122. The number of tetrazole rings is 1. The van der Waals surface area contributed by atoms with Crippen molar-refractivity contribution in [3.05, 3.63) is 50.2 Å². The number of benzene rings is 1. The van der Waals surface area contributed by atoms with Crippen molar-refractivity contribution >= 4 is 39.7 Å². The minimum atomic E-state index is 0.549. The van der Waals surface area contributed by atoms with Gasteiger partial charge in [0.25, 0.3) is 0 Å². The minimum absolute atomic E-state index is 0.549. The largest absolute Gasteiger partial charge is 0.378 e. The maximum absolute atomic E-state index is 6.16. The molecule has 1 aliphatic rings. The standard InChI is InChI=1S/C16H16Cl2N6OS/c17-11-2-1-10(7-12(11)18)8-13-14(9-15-20-22-23-21-15)26-16(19-13)24-3-5-25-6-4-24/h1-2,7H,3-6,8-9H2,(H,20,21,22,23). The van der Waals surface area contributed by atoms with Gasteiger partial charge in [0.2, 0.25) is 0 Å². The predicted octanol–water partition coefficient (Wildman–Crippen LogP) is 2.98. The van der Waals surface area contributed by atoms with Gasteiger partial charge < -0.3 is 9.64 Å². The van der Waals surface area contributed by atoms with Gasteiger partial charge in [-0.2, -0.15) is 5.21 Å². The molecule has 2 aromatic heterocycles. The van der Waals surface area contributed by atoms with E-state index in [0.717, 1.165) is 47.6 Å². The average molecular weight is 411 g/mol. The Kier molecular flexibility index (Phi) is 5.35. The van der Waals surface area contributed by atoms with Crippen molar-refractivity contribution < 1.29 is 4.74 Å². The summed E-state index contributed by atoms with van der Waals surface area (Å²) in [5.74, 6) is 0.651. The van der Waals surface area contributed by atoms with E-state index >= 15 is 0 Å². The number of aromatic nitrogens is 5. The zero-order valence-electron chi connectivity index (χ0n) is 13.8. The number of aromatic amines is 1. The minimum Gasteiger partial charge on any atom is -0.378 e. The van der Waals surface area contributed by atoms with Crippen LogP contribution in [0.15, 0.2) is 18.2 Å². The van der Waals surface area contributed by atoms with Crippen molar-refractivity contribution in [1.29, 1.82) is 0 Å². The second kappa shape index (κ2) is 7.87. The quantitative estimate of drug-likeness (QED) is 0.696. The van der Waals surface area contributed by atoms with Gasteiger partial charge in [-0.1, -0.05) is 34.5 Å². The molecule has 0 atom stereocenters. The summed E-state index contributed by atoms with van der Waals surface area (Å²) >= 11 is 13.9. The molecule has 10 heteroatoms. The molecule has 0 bridgehead atoms. The van der Waals surface area contributed by atoms with Gasteiger partial charge in [0.15, 0.2) is 11.0 Å². The number of hydrogen-bond donors (Lipinski definition) is 1. The third-order valence-corrected chi connectivity index (χ3v) is 6.01. The smallest absolute Gasteiger partial charge is 0.185 e. The summed E-state index contributed by atoms with van der Waals surface area (Å²) in [6.07, 6.45) is 1.26. The van der Waals surface area contributed by atoms with E-state index in [0.29, 0.717) is 28.7 Å². The van der Waals surface area contributed by atoms with Crippen LogP contribution in [-0.2, 0) is 17.6 Å². The molecule has 0 unspecified atom stereocenters. The van der Waals surface area contributed by atoms with Crippen LogP contribution in [0.5, 0.6) is 0 Å². The first-order chi connectivity index (χ1) is 12.7. The summed E-state index contributed by atoms with van der Waals surface area (Å²) in [5.41, 5.74) is 2.06. The first-order valence-electron chi connectivity index (χ1n) is 8.16. The van der Waals surface area contributed by atoms with Gasteiger partial charge in [0.05, 0.1) is 29.0 Å². The fourth-order valence-electron chi connectivity index (χ4n) is 2.78. The van der Waals surface area contributed by atoms with Crippen LogP contribution in [0.25, 0.3) is 0 Å². The fraction of sp³-hybridized carbons (Fsp3) is 0.375. The van der Waals surface area contributed by atoms with Gasteiger partial charge in [-0.25, -0.2) is 4.98 Å². The molecule has 3 aromatic rings. The van der Waals surface area contributed by atoms with Crippen LogP contribution in [0.1, 0.15) is 22.0 Å². The number of ether oxygens (including phenoxy) is 1. The average Bonchev–Trinajstić information content (AvgIpc) is 3.30. The van der Waals surface area contributed by atoms with Gasteiger partial charge in [0.1, 0.15) is 0 Å². The molecule has 1 aromatic carbocycles. The lowest BCUT2D eigenvalue weighted by Crippen LogP contribution is -2.36. The van der Waals surface area contributed by atoms with Crippen LogP contribution < -0.4 is 4.90 Å². The number of hydrogen-bond acceptors (Lipinski definition) is 7. The number of rotatable bonds is 5. The Morgan fingerprint density at radius 1 is 1.15 bits per heavy atom. The topological polar surface area (TPSA) is 79.8 Å². The summed E-state index contributed by atoms with van der Waals surface area (Å²) in [4.78, 5) is 8.27. The lowest BCUT2D eigenvalue weighted by Gasteiger charge is -2.26. The van der Waals surface area contributed by atoms with E-state index < -0.39 is 0 Å². The van der Waals surface area contributed by atoms with E-state index in [1.807, 2.05) is 18.2 Å². The Balaban J connectivity index is 1.63. The zero-order valence-corrected chi connectivity index (χ0v) is 16.1.